The SMILES string of the molecule is CCCCCCOC(C)(c1ccc(O)cc1)C1CCCCC1. The molecule has 1 atom stereocenters. The average molecular weight is 304 g/mol. The van der Waals surface area contributed by atoms with Gasteiger partial charge in [0.25, 0.3) is 0 Å². The Bertz CT molecular complexity index is 420. The van der Waals surface area contributed by atoms with Crippen LogP contribution in [-0.4, -0.2) is 11.7 Å². The van der Waals surface area contributed by atoms with Gasteiger partial charge in [-0.3, -0.25) is 0 Å². The first-order valence-corrected chi connectivity index (χ1v) is 9.10. The summed E-state index contributed by atoms with van der Waals surface area (Å²) in [6.07, 6.45) is 11.5. The molecule has 0 saturated heterocycles. The molecule has 0 bridgehead atoms. The number of phenols is 1. The van der Waals surface area contributed by atoms with Gasteiger partial charge in [0, 0.05) is 6.61 Å². The minimum absolute atomic E-state index is 0.208. The van der Waals surface area contributed by atoms with Crippen molar-refractivity contribution in [3.05, 3.63) is 29.8 Å². The van der Waals surface area contributed by atoms with Gasteiger partial charge in [0.1, 0.15) is 5.75 Å². The van der Waals surface area contributed by atoms with E-state index in [0.717, 1.165) is 13.0 Å². The van der Waals surface area contributed by atoms with E-state index in [2.05, 4.69) is 13.8 Å². The molecule has 1 saturated carbocycles. The van der Waals surface area contributed by atoms with Crippen LogP contribution in [-0.2, 0) is 10.3 Å². The number of benzene rings is 1. The highest BCUT2D eigenvalue weighted by Crippen LogP contribution is 2.42. The lowest BCUT2D eigenvalue weighted by atomic mass is 9.74. The second-order valence-electron chi connectivity index (χ2n) is 6.90. The first-order chi connectivity index (χ1) is 10.7. The van der Waals surface area contributed by atoms with Crippen molar-refractivity contribution >= 4 is 0 Å². The fourth-order valence-corrected chi connectivity index (χ4v) is 3.70. The monoisotopic (exact) mass is 304 g/mol. The van der Waals surface area contributed by atoms with Gasteiger partial charge in [-0.2, -0.15) is 0 Å². The van der Waals surface area contributed by atoms with E-state index in [0.29, 0.717) is 11.7 Å². The molecule has 1 fully saturated rings. The Morgan fingerprint density at radius 3 is 2.36 bits per heavy atom. The lowest BCUT2D eigenvalue weighted by molar-refractivity contribution is -0.0909. The molecule has 0 amide bonds. The van der Waals surface area contributed by atoms with Crippen molar-refractivity contribution in [1.82, 2.24) is 0 Å². The predicted molar refractivity (Wildman–Crippen MR) is 92.1 cm³/mol. The normalized spacial score (nSPS) is 19.0. The van der Waals surface area contributed by atoms with Crippen molar-refractivity contribution < 1.29 is 9.84 Å². The molecular formula is C20H32O2. The number of phenolic OH excluding ortho intramolecular Hbond substituents is 1. The zero-order valence-corrected chi connectivity index (χ0v) is 14.3. The molecule has 2 heteroatoms. The van der Waals surface area contributed by atoms with Crippen molar-refractivity contribution in [2.75, 3.05) is 6.61 Å². The Morgan fingerprint density at radius 1 is 1.05 bits per heavy atom. The molecule has 1 N–H and O–H groups in total. The summed E-state index contributed by atoms with van der Waals surface area (Å²) in [5.74, 6) is 0.926. The van der Waals surface area contributed by atoms with Crippen molar-refractivity contribution in [3.63, 3.8) is 0 Å². The van der Waals surface area contributed by atoms with Gasteiger partial charge < -0.3 is 9.84 Å². The molecule has 0 aromatic heterocycles. The van der Waals surface area contributed by atoms with Crippen molar-refractivity contribution in [3.8, 4) is 5.75 Å². The lowest BCUT2D eigenvalue weighted by Gasteiger charge is -2.40. The smallest absolute Gasteiger partial charge is 0.115 e. The highest BCUT2D eigenvalue weighted by atomic mass is 16.5. The van der Waals surface area contributed by atoms with Gasteiger partial charge in [-0.25, -0.2) is 0 Å². The molecule has 22 heavy (non-hydrogen) atoms. The summed E-state index contributed by atoms with van der Waals surface area (Å²) in [6, 6.07) is 7.65. The van der Waals surface area contributed by atoms with Crippen LogP contribution in [0.3, 0.4) is 0 Å². The van der Waals surface area contributed by atoms with Gasteiger partial charge in [0.2, 0.25) is 0 Å². The van der Waals surface area contributed by atoms with Crippen molar-refractivity contribution in [2.45, 2.75) is 77.2 Å². The summed E-state index contributed by atoms with van der Waals surface area (Å²) in [6.45, 7) is 5.34. The van der Waals surface area contributed by atoms with E-state index < -0.39 is 0 Å². The number of hydrogen-bond acceptors (Lipinski definition) is 2. The average Bonchev–Trinajstić information content (AvgIpc) is 2.56. The summed E-state index contributed by atoms with van der Waals surface area (Å²) in [5.41, 5.74) is 1.01. The maximum atomic E-state index is 9.57. The zero-order chi connectivity index (χ0) is 15.8. The number of rotatable bonds is 8. The molecule has 0 spiro atoms. The zero-order valence-electron chi connectivity index (χ0n) is 14.3. The van der Waals surface area contributed by atoms with E-state index in [-0.39, 0.29) is 5.60 Å². The van der Waals surface area contributed by atoms with Crippen molar-refractivity contribution in [1.29, 1.82) is 0 Å². The molecule has 1 aliphatic carbocycles. The molecule has 2 rings (SSSR count). The third-order valence-electron chi connectivity index (χ3n) is 5.22. The Labute approximate surface area is 135 Å². The van der Waals surface area contributed by atoms with Crippen LogP contribution in [0.2, 0.25) is 0 Å². The van der Waals surface area contributed by atoms with Gasteiger partial charge in [-0.1, -0.05) is 57.6 Å². The van der Waals surface area contributed by atoms with Gasteiger partial charge in [-0.15, -0.1) is 0 Å². The van der Waals surface area contributed by atoms with E-state index in [1.165, 1.54) is 56.9 Å². The van der Waals surface area contributed by atoms with Crippen molar-refractivity contribution in [2.24, 2.45) is 5.92 Å². The first-order valence-electron chi connectivity index (χ1n) is 9.10. The van der Waals surface area contributed by atoms with Gasteiger partial charge in [-0.05, 0) is 49.8 Å². The largest absolute Gasteiger partial charge is 0.508 e. The number of unbranched alkanes of at least 4 members (excludes halogenated alkanes) is 3. The molecule has 0 radical (unpaired) electrons. The quantitative estimate of drug-likeness (QED) is 0.616. The minimum atomic E-state index is -0.208. The third-order valence-corrected chi connectivity index (χ3v) is 5.22. The Morgan fingerprint density at radius 2 is 1.73 bits per heavy atom. The highest BCUT2D eigenvalue weighted by molar-refractivity contribution is 5.30. The predicted octanol–water partition coefficient (Wildman–Crippen LogP) is 5.78. The van der Waals surface area contributed by atoms with Crippen LogP contribution >= 0.6 is 0 Å². The Balaban J connectivity index is 2.07. The number of hydrogen-bond donors (Lipinski definition) is 1. The van der Waals surface area contributed by atoms with Gasteiger partial charge in [0.15, 0.2) is 0 Å². The second-order valence-corrected chi connectivity index (χ2v) is 6.90. The summed E-state index contributed by atoms with van der Waals surface area (Å²) < 4.78 is 6.46. The summed E-state index contributed by atoms with van der Waals surface area (Å²) in [7, 11) is 0. The number of aromatic hydroxyl groups is 1. The summed E-state index contributed by atoms with van der Waals surface area (Å²) in [4.78, 5) is 0. The fraction of sp³-hybridized carbons (Fsp3) is 0.700. The molecule has 1 aromatic carbocycles. The highest BCUT2D eigenvalue weighted by Gasteiger charge is 2.37. The maximum absolute atomic E-state index is 9.57. The van der Waals surface area contributed by atoms with Crippen LogP contribution in [0.25, 0.3) is 0 Å². The molecular weight excluding hydrogens is 272 g/mol. The molecule has 0 heterocycles. The first kappa shape index (κ1) is 17.3. The second kappa shape index (κ2) is 8.57. The van der Waals surface area contributed by atoms with Crippen LogP contribution in [0.15, 0.2) is 24.3 Å². The third kappa shape index (κ3) is 4.49. The van der Waals surface area contributed by atoms with E-state index in [1.807, 2.05) is 12.1 Å². The van der Waals surface area contributed by atoms with E-state index in [9.17, 15) is 5.11 Å². The molecule has 1 unspecified atom stereocenters. The van der Waals surface area contributed by atoms with E-state index in [4.69, 9.17) is 4.74 Å². The van der Waals surface area contributed by atoms with E-state index in [1.54, 1.807) is 12.1 Å². The lowest BCUT2D eigenvalue weighted by Crippen LogP contribution is -2.36. The summed E-state index contributed by atoms with van der Waals surface area (Å²) >= 11 is 0. The van der Waals surface area contributed by atoms with Crippen LogP contribution in [0.4, 0.5) is 0 Å². The fourth-order valence-electron chi connectivity index (χ4n) is 3.70. The van der Waals surface area contributed by atoms with Crippen LogP contribution in [0, 0.1) is 5.92 Å². The van der Waals surface area contributed by atoms with Gasteiger partial charge >= 0.3 is 0 Å². The molecule has 1 aliphatic rings. The topological polar surface area (TPSA) is 29.5 Å². The van der Waals surface area contributed by atoms with Crippen LogP contribution in [0.1, 0.15) is 77.2 Å². The minimum Gasteiger partial charge on any atom is -0.508 e. The summed E-state index contributed by atoms with van der Waals surface area (Å²) in [5, 5.41) is 9.57. The van der Waals surface area contributed by atoms with Gasteiger partial charge in [0.05, 0.1) is 5.60 Å². The van der Waals surface area contributed by atoms with Crippen LogP contribution < -0.4 is 0 Å². The molecule has 2 nitrogen and oxygen atoms in total. The standard InChI is InChI=1S/C20H32O2/c1-3-4-5-9-16-22-20(2,17-10-7-6-8-11-17)18-12-14-19(21)15-13-18/h12-15,17,21H,3-11,16H2,1-2H3. The van der Waals surface area contributed by atoms with Crippen LogP contribution in [0.5, 0.6) is 5.75 Å². The Hall–Kier alpha value is -1.02. The molecule has 1 aromatic rings. The molecule has 0 aliphatic heterocycles. The number of ether oxygens (including phenoxy) is 1. The maximum Gasteiger partial charge on any atom is 0.115 e. The molecule has 124 valence electrons. The van der Waals surface area contributed by atoms with E-state index >= 15 is 0 Å². The Kier molecular flexibility index (Phi) is 6.75.